The van der Waals surface area contributed by atoms with E-state index in [1.54, 1.807) is 0 Å². The summed E-state index contributed by atoms with van der Waals surface area (Å²) in [5.74, 6) is 1.63. The number of anilines is 1. The van der Waals surface area contributed by atoms with Crippen molar-refractivity contribution in [3.8, 4) is 0 Å². The highest BCUT2D eigenvalue weighted by Crippen LogP contribution is 2.29. The van der Waals surface area contributed by atoms with Crippen molar-refractivity contribution in [2.24, 2.45) is 0 Å². The SMILES string of the molecule is CCn1cc(C2CCN(c3nc4ccccc4[nH]3)CC2)cn1. The lowest BCUT2D eigenvalue weighted by Crippen LogP contribution is -2.33. The van der Waals surface area contributed by atoms with Crippen molar-refractivity contribution in [3.05, 3.63) is 42.2 Å². The maximum atomic E-state index is 4.71. The summed E-state index contributed by atoms with van der Waals surface area (Å²) >= 11 is 0. The second-order valence-corrected chi connectivity index (χ2v) is 5.97. The highest BCUT2D eigenvalue weighted by molar-refractivity contribution is 5.77. The molecule has 3 aromatic rings. The Morgan fingerprint density at radius 1 is 1.23 bits per heavy atom. The zero-order valence-corrected chi connectivity index (χ0v) is 12.9. The van der Waals surface area contributed by atoms with Crippen LogP contribution in [0.1, 0.15) is 31.2 Å². The Morgan fingerprint density at radius 3 is 2.77 bits per heavy atom. The first kappa shape index (κ1) is 13.4. The van der Waals surface area contributed by atoms with Crippen LogP contribution in [0.4, 0.5) is 5.95 Å². The number of fused-ring (bicyclic) bond motifs is 1. The predicted octanol–water partition coefficient (Wildman–Crippen LogP) is 3.16. The average Bonchev–Trinajstić information content (AvgIpc) is 3.21. The summed E-state index contributed by atoms with van der Waals surface area (Å²) in [6.45, 7) is 5.16. The number of benzene rings is 1. The minimum atomic E-state index is 0.626. The van der Waals surface area contributed by atoms with Gasteiger partial charge in [0.1, 0.15) is 0 Å². The van der Waals surface area contributed by atoms with Gasteiger partial charge >= 0.3 is 0 Å². The Kier molecular flexibility index (Phi) is 3.33. The van der Waals surface area contributed by atoms with Gasteiger partial charge < -0.3 is 9.88 Å². The van der Waals surface area contributed by atoms with E-state index in [1.807, 2.05) is 23.0 Å². The van der Waals surface area contributed by atoms with Crippen molar-refractivity contribution in [1.82, 2.24) is 19.7 Å². The van der Waals surface area contributed by atoms with Gasteiger partial charge in [-0.25, -0.2) is 4.98 Å². The molecule has 1 aliphatic rings. The normalized spacial score (nSPS) is 16.5. The molecule has 22 heavy (non-hydrogen) atoms. The number of para-hydroxylation sites is 2. The number of aryl methyl sites for hydroxylation is 1. The standard InChI is InChI=1S/C17H21N5/c1-2-22-12-14(11-18-22)13-7-9-21(10-8-13)17-19-15-5-3-4-6-16(15)20-17/h3-6,11-13H,2,7-10H2,1H3,(H,19,20). The molecule has 1 aromatic carbocycles. The maximum absolute atomic E-state index is 4.71. The van der Waals surface area contributed by atoms with Gasteiger partial charge in [0.25, 0.3) is 0 Å². The van der Waals surface area contributed by atoms with Crippen LogP contribution in [-0.4, -0.2) is 32.8 Å². The number of nitrogens with one attached hydrogen (secondary N) is 1. The number of piperidine rings is 1. The fourth-order valence-corrected chi connectivity index (χ4v) is 3.28. The lowest BCUT2D eigenvalue weighted by molar-refractivity contribution is 0.500. The first-order valence-corrected chi connectivity index (χ1v) is 8.05. The number of nitrogens with zero attached hydrogens (tertiary/aromatic N) is 4. The summed E-state index contributed by atoms with van der Waals surface area (Å²) < 4.78 is 2.01. The van der Waals surface area contributed by atoms with Crippen LogP contribution in [0.2, 0.25) is 0 Å². The van der Waals surface area contributed by atoms with E-state index in [1.165, 1.54) is 5.56 Å². The molecule has 1 fully saturated rings. The van der Waals surface area contributed by atoms with Crippen LogP contribution in [0.15, 0.2) is 36.7 Å². The van der Waals surface area contributed by atoms with E-state index in [-0.39, 0.29) is 0 Å². The van der Waals surface area contributed by atoms with E-state index in [0.29, 0.717) is 5.92 Å². The second kappa shape index (κ2) is 5.48. The van der Waals surface area contributed by atoms with Crippen molar-refractivity contribution in [2.75, 3.05) is 18.0 Å². The van der Waals surface area contributed by atoms with Crippen LogP contribution in [0.3, 0.4) is 0 Å². The van der Waals surface area contributed by atoms with E-state index >= 15 is 0 Å². The summed E-state index contributed by atoms with van der Waals surface area (Å²) in [4.78, 5) is 10.5. The molecule has 0 bridgehead atoms. The average molecular weight is 295 g/mol. The smallest absolute Gasteiger partial charge is 0.203 e. The minimum absolute atomic E-state index is 0.626. The van der Waals surface area contributed by atoms with Gasteiger partial charge in [0.05, 0.1) is 17.2 Å². The number of hydrogen-bond donors (Lipinski definition) is 1. The van der Waals surface area contributed by atoms with E-state index in [9.17, 15) is 0 Å². The molecule has 0 aliphatic carbocycles. The van der Waals surface area contributed by atoms with Crippen LogP contribution >= 0.6 is 0 Å². The third kappa shape index (κ3) is 2.36. The van der Waals surface area contributed by atoms with Gasteiger partial charge in [0.15, 0.2) is 0 Å². The van der Waals surface area contributed by atoms with Gasteiger partial charge in [-0.3, -0.25) is 4.68 Å². The third-order valence-electron chi connectivity index (χ3n) is 4.62. The zero-order valence-electron chi connectivity index (χ0n) is 12.9. The first-order chi connectivity index (χ1) is 10.8. The molecule has 0 amide bonds. The van der Waals surface area contributed by atoms with Gasteiger partial charge in [-0.15, -0.1) is 0 Å². The molecule has 0 saturated carbocycles. The van der Waals surface area contributed by atoms with Crippen LogP contribution in [0, 0.1) is 0 Å². The van der Waals surface area contributed by atoms with Gasteiger partial charge in [0.2, 0.25) is 5.95 Å². The summed E-state index contributed by atoms with van der Waals surface area (Å²) in [6.07, 6.45) is 6.55. The van der Waals surface area contributed by atoms with Crippen molar-refractivity contribution in [2.45, 2.75) is 32.2 Å². The molecule has 5 nitrogen and oxygen atoms in total. The molecule has 1 saturated heterocycles. The van der Waals surface area contributed by atoms with Crippen LogP contribution in [0.5, 0.6) is 0 Å². The van der Waals surface area contributed by atoms with Crippen molar-refractivity contribution < 1.29 is 0 Å². The maximum Gasteiger partial charge on any atom is 0.203 e. The van der Waals surface area contributed by atoms with Crippen LogP contribution in [0.25, 0.3) is 11.0 Å². The molecule has 2 aromatic heterocycles. The van der Waals surface area contributed by atoms with Gasteiger partial charge in [-0.05, 0) is 43.4 Å². The highest BCUT2D eigenvalue weighted by atomic mass is 15.3. The fourth-order valence-electron chi connectivity index (χ4n) is 3.28. The summed E-state index contributed by atoms with van der Waals surface area (Å²) in [6, 6.07) is 8.21. The quantitative estimate of drug-likeness (QED) is 0.807. The molecule has 0 radical (unpaired) electrons. The van der Waals surface area contributed by atoms with E-state index in [0.717, 1.165) is 49.5 Å². The van der Waals surface area contributed by atoms with Crippen molar-refractivity contribution >= 4 is 17.0 Å². The number of rotatable bonds is 3. The van der Waals surface area contributed by atoms with Gasteiger partial charge in [-0.2, -0.15) is 5.10 Å². The van der Waals surface area contributed by atoms with E-state index in [4.69, 9.17) is 4.98 Å². The second-order valence-electron chi connectivity index (χ2n) is 5.97. The summed E-state index contributed by atoms with van der Waals surface area (Å²) in [5.41, 5.74) is 3.54. The molecule has 1 N–H and O–H groups in total. The van der Waals surface area contributed by atoms with Gasteiger partial charge in [-0.1, -0.05) is 12.1 Å². The summed E-state index contributed by atoms with van der Waals surface area (Å²) in [5, 5.41) is 4.40. The Hall–Kier alpha value is -2.30. The lowest BCUT2D eigenvalue weighted by Gasteiger charge is -2.31. The Bertz CT molecular complexity index is 731. The third-order valence-corrected chi connectivity index (χ3v) is 4.62. The monoisotopic (exact) mass is 295 g/mol. The topological polar surface area (TPSA) is 49.7 Å². The highest BCUT2D eigenvalue weighted by Gasteiger charge is 2.23. The molecule has 3 heterocycles. The minimum Gasteiger partial charge on any atom is -0.342 e. The first-order valence-electron chi connectivity index (χ1n) is 8.05. The molecule has 4 rings (SSSR count). The Morgan fingerprint density at radius 2 is 2.05 bits per heavy atom. The molecule has 5 heteroatoms. The van der Waals surface area contributed by atoms with E-state index < -0.39 is 0 Å². The summed E-state index contributed by atoms with van der Waals surface area (Å²) in [7, 11) is 0. The van der Waals surface area contributed by atoms with Crippen LogP contribution in [-0.2, 0) is 6.54 Å². The molecule has 0 spiro atoms. The lowest BCUT2D eigenvalue weighted by atomic mass is 9.92. The molecule has 114 valence electrons. The fraction of sp³-hybridized carbons (Fsp3) is 0.412. The molecular weight excluding hydrogens is 274 g/mol. The molecule has 0 atom stereocenters. The number of hydrogen-bond acceptors (Lipinski definition) is 3. The Balaban J connectivity index is 1.47. The predicted molar refractivity (Wildman–Crippen MR) is 88.2 cm³/mol. The van der Waals surface area contributed by atoms with Crippen LogP contribution < -0.4 is 4.90 Å². The van der Waals surface area contributed by atoms with Crippen molar-refractivity contribution in [1.29, 1.82) is 0 Å². The Labute approximate surface area is 130 Å². The molecule has 0 unspecified atom stereocenters. The largest absolute Gasteiger partial charge is 0.342 e. The van der Waals surface area contributed by atoms with Gasteiger partial charge in [0, 0.05) is 25.8 Å². The number of imidazole rings is 1. The number of H-pyrrole nitrogens is 1. The zero-order chi connectivity index (χ0) is 14.9. The number of aromatic nitrogens is 4. The molecule has 1 aliphatic heterocycles. The van der Waals surface area contributed by atoms with Crippen molar-refractivity contribution in [3.63, 3.8) is 0 Å². The number of aromatic amines is 1. The molecular formula is C17H21N5. The van der Waals surface area contributed by atoms with E-state index in [2.05, 4.69) is 40.2 Å².